The molecule has 0 N–H and O–H groups in total. The van der Waals surface area contributed by atoms with E-state index in [4.69, 9.17) is 0 Å². The summed E-state index contributed by atoms with van der Waals surface area (Å²) in [7, 11) is 0. The van der Waals surface area contributed by atoms with E-state index >= 15 is 0 Å². The molecule has 0 radical (unpaired) electrons. The molecular formula is C15H21N3OS. The van der Waals surface area contributed by atoms with Crippen LogP contribution in [-0.2, 0) is 4.79 Å². The van der Waals surface area contributed by atoms with Crippen LogP contribution in [0.15, 0.2) is 35.3 Å². The van der Waals surface area contributed by atoms with Crippen LogP contribution < -0.4 is 0 Å². The Balaban J connectivity index is 2.05. The first-order valence-corrected chi connectivity index (χ1v) is 8.02. The van der Waals surface area contributed by atoms with Crippen molar-refractivity contribution in [1.29, 1.82) is 0 Å². The molecule has 1 saturated heterocycles. The third-order valence-electron chi connectivity index (χ3n) is 3.37. The summed E-state index contributed by atoms with van der Waals surface area (Å²) in [5.41, 5.74) is 0.900. The van der Waals surface area contributed by atoms with Crippen molar-refractivity contribution in [2.45, 2.75) is 13.8 Å². The van der Waals surface area contributed by atoms with Crippen LogP contribution in [0.1, 0.15) is 13.8 Å². The SMILES string of the molecule is CCN(CC)CCN1C(=O)CSC1=Nc1ccccc1. The second kappa shape index (κ2) is 7.45. The Morgan fingerprint density at radius 1 is 1.25 bits per heavy atom. The van der Waals surface area contributed by atoms with Gasteiger partial charge in [-0.05, 0) is 25.2 Å². The number of nitrogens with zero attached hydrogens (tertiary/aromatic N) is 3. The molecule has 1 fully saturated rings. The molecular weight excluding hydrogens is 270 g/mol. The zero-order valence-electron chi connectivity index (χ0n) is 12.1. The smallest absolute Gasteiger partial charge is 0.239 e. The van der Waals surface area contributed by atoms with E-state index in [1.165, 1.54) is 11.8 Å². The summed E-state index contributed by atoms with van der Waals surface area (Å²) >= 11 is 1.53. The summed E-state index contributed by atoms with van der Waals surface area (Å²) in [6, 6.07) is 9.80. The van der Waals surface area contributed by atoms with Crippen molar-refractivity contribution in [2.75, 3.05) is 31.9 Å². The topological polar surface area (TPSA) is 35.9 Å². The second-order valence-electron chi connectivity index (χ2n) is 4.59. The minimum atomic E-state index is 0.164. The van der Waals surface area contributed by atoms with Crippen molar-refractivity contribution in [3.63, 3.8) is 0 Å². The molecule has 0 aliphatic carbocycles. The molecule has 4 nitrogen and oxygen atoms in total. The monoisotopic (exact) mass is 291 g/mol. The Bertz CT molecular complexity index is 471. The molecule has 2 rings (SSSR count). The van der Waals surface area contributed by atoms with Gasteiger partial charge < -0.3 is 4.90 Å². The number of amidine groups is 1. The average molecular weight is 291 g/mol. The number of hydrogen-bond donors (Lipinski definition) is 0. The van der Waals surface area contributed by atoms with E-state index in [1.807, 2.05) is 35.2 Å². The molecule has 20 heavy (non-hydrogen) atoms. The molecule has 0 atom stereocenters. The van der Waals surface area contributed by atoms with E-state index in [9.17, 15) is 4.79 Å². The molecule has 0 saturated carbocycles. The lowest BCUT2D eigenvalue weighted by molar-refractivity contribution is -0.124. The molecule has 1 aliphatic rings. The molecule has 1 aromatic rings. The van der Waals surface area contributed by atoms with Crippen LogP contribution >= 0.6 is 11.8 Å². The van der Waals surface area contributed by atoms with Crippen molar-refractivity contribution in [2.24, 2.45) is 4.99 Å². The number of carbonyl (C=O) groups excluding carboxylic acids is 1. The maximum atomic E-state index is 12.0. The number of para-hydroxylation sites is 1. The molecule has 5 heteroatoms. The standard InChI is InChI=1S/C15H21N3OS/c1-3-17(4-2)10-11-18-14(19)12-20-15(18)16-13-8-6-5-7-9-13/h5-9H,3-4,10-12H2,1-2H3. The summed E-state index contributed by atoms with van der Waals surface area (Å²) in [5, 5.41) is 0.827. The van der Waals surface area contributed by atoms with Crippen LogP contribution in [0, 0.1) is 0 Å². The number of benzene rings is 1. The first-order valence-electron chi connectivity index (χ1n) is 7.03. The minimum Gasteiger partial charge on any atom is -0.302 e. The molecule has 0 unspecified atom stereocenters. The van der Waals surface area contributed by atoms with Gasteiger partial charge in [0.1, 0.15) is 0 Å². The van der Waals surface area contributed by atoms with Crippen LogP contribution in [0.2, 0.25) is 0 Å². The predicted molar refractivity (Wildman–Crippen MR) is 85.5 cm³/mol. The molecule has 1 aromatic carbocycles. The molecule has 0 aromatic heterocycles. The van der Waals surface area contributed by atoms with Crippen LogP contribution in [-0.4, -0.2) is 52.8 Å². The van der Waals surface area contributed by atoms with Crippen LogP contribution in [0.4, 0.5) is 5.69 Å². The maximum absolute atomic E-state index is 12.0. The van der Waals surface area contributed by atoms with Gasteiger partial charge in [-0.2, -0.15) is 0 Å². The van der Waals surface area contributed by atoms with Gasteiger partial charge in [-0.25, -0.2) is 4.99 Å². The number of amides is 1. The normalized spacial score (nSPS) is 17.4. The largest absolute Gasteiger partial charge is 0.302 e. The van der Waals surface area contributed by atoms with E-state index < -0.39 is 0 Å². The van der Waals surface area contributed by atoms with Gasteiger partial charge in [-0.15, -0.1) is 0 Å². The van der Waals surface area contributed by atoms with Crippen molar-refractivity contribution >= 4 is 28.5 Å². The molecule has 0 bridgehead atoms. The van der Waals surface area contributed by atoms with E-state index in [0.717, 1.165) is 37.0 Å². The first-order chi connectivity index (χ1) is 9.74. The Labute approximate surface area is 124 Å². The highest BCUT2D eigenvalue weighted by Crippen LogP contribution is 2.23. The van der Waals surface area contributed by atoms with Crippen LogP contribution in [0.25, 0.3) is 0 Å². The third kappa shape index (κ3) is 3.84. The molecule has 1 aliphatic heterocycles. The van der Waals surface area contributed by atoms with Crippen molar-refractivity contribution in [3.05, 3.63) is 30.3 Å². The fraction of sp³-hybridized carbons (Fsp3) is 0.467. The summed E-state index contributed by atoms with van der Waals surface area (Å²) in [6.07, 6.45) is 0. The first kappa shape index (κ1) is 15.1. The summed E-state index contributed by atoms with van der Waals surface area (Å²) in [6.45, 7) is 7.92. The van der Waals surface area contributed by atoms with Crippen LogP contribution in [0.3, 0.4) is 0 Å². The van der Waals surface area contributed by atoms with E-state index in [0.29, 0.717) is 5.75 Å². The Kier molecular flexibility index (Phi) is 5.61. The number of aliphatic imine (C=N–C) groups is 1. The third-order valence-corrected chi connectivity index (χ3v) is 4.33. The van der Waals surface area contributed by atoms with E-state index in [2.05, 4.69) is 23.7 Å². The summed E-state index contributed by atoms with van der Waals surface area (Å²) in [4.78, 5) is 20.7. The lowest BCUT2D eigenvalue weighted by atomic mass is 10.3. The van der Waals surface area contributed by atoms with Gasteiger partial charge in [0.15, 0.2) is 5.17 Å². The molecule has 0 spiro atoms. The summed E-state index contributed by atoms with van der Waals surface area (Å²) < 4.78 is 0. The van der Waals surface area contributed by atoms with E-state index in [1.54, 1.807) is 0 Å². The fourth-order valence-electron chi connectivity index (χ4n) is 2.10. The Hall–Kier alpha value is -1.33. The molecule has 1 heterocycles. The average Bonchev–Trinajstić information content (AvgIpc) is 2.82. The molecule has 108 valence electrons. The Morgan fingerprint density at radius 3 is 2.60 bits per heavy atom. The lowest BCUT2D eigenvalue weighted by Gasteiger charge is -2.22. The van der Waals surface area contributed by atoms with Crippen LogP contribution in [0.5, 0.6) is 0 Å². The van der Waals surface area contributed by atoms with Gasteiger partial charge in [0.05, 0.1) is 11.4 Å². The predicted octanol–water partition coefficient (Wildman–Crippen LogP) is 2.59. The minimum absolute atomic E-state index is 0.164. The van der Waals surface area contributed by atoms with Gasteiger partial charge >= 0.3 is 0 Å². The van der Waals surface area contributed by atoms with Crippen molar-refractivity contribution in [3.8, 4) is 0 Å². The summed E-state index contributed by atoms with van der Waals surface area (Å²) in [5.74, 6) is 0.668. The van der Waals surface area contributed by atoms with Gasteiger partial charge in [-0.3, -0.25) is 9.69 Å². The second-order valence-corrected chi connectivity index (χ2v) is 5.53. The number of thioether (sulfide) groups is 1. The van der Waals surface area contributed by atoms with Gasteiger partial charge in [0, 0.05) is 13.1 Å². The van der Waals surface area contributed by atoms with E-state index in [-0.39, 0.29) is 5.91 Å². The number of carbonyl (C=O) groups is 1. The highest BCUT2D eigenvalue weighted by molar-refractivity contribution is 8.15. The van der Waals surface area contributed by atoms with Gasteiger partial charge in [0.2, 0.25) is 5.91 Å². The fourth-order valence-corrected chi connectivity index (χ4v) is 3.02. The van der Waals surface area contributed by atoms with Crippen molar-refractivity contribution in [1.82, 2.24) is 9.80 Å². The quantitative estimate of drug-likeness (QED) is 0.808. The van der Waals surface area contributed by atoms with Gasteiger partial charge in [-0.1, -0.05) is 43.8 Å². The number of rotatable bonds is 6. The highest BCUT2D eigenvalue weighted by Gasteiger charge is 2.28. The number of hydrogen-bond acceptors (Lipinski definition) is 4. The van der Waals surface area contributed by atoms with Crippen molar-refractivity contribution < 1.29 is 4.79 Å². The zero-order valence-corrected chi connectivity index (χ0v) is 12.9. The highest BCUT2D eigenvalue weighted by atomic mass is 32.2. The maximum Gasteiger partial charge on any atom is 0.239 e. The Morgan fingerprint density at radius 2 is 1.95 bits per heavy atom. The van der Waals surface area contributed by atoms with Gasteiger partial charge in [0.25, 0.3) is 0 Å². The molecule has 1 amide bonds. The number of likely N-dealkylation sites (N-methyl/N-ethyl adjacent to an activating group) is 1. The lowest BCUT2D eigenvalue weighted by Crippen LogP contribution is -2.38. The zero-order chi connectivity index (χ0) is 14.4.